The van der Waals surface area contributed by atoms with E-state index in [-0.39, 0.29) is 6.01 Å². The van der Waals surface area contributed by atoms with E-state index in [1.54, 1.807) is 0 Å². The van der Waals surface area contributed by atoms with Crippen LogP contribution < -0.4 is 11.1 Å². The van der Waals surface area contributed by atoms with Crippen molar-refractivity contribution in [3.8, 4) is 0 Å². The molecule has 0 aliphatic carbocycles. The van der Waals surface area contributed by atoms with Gasteiger partial charge in [-0.15, -0.1) is 0 Å². The van der Waals surface area contributed by atoms with Gasteiger partial charge in [0.05, 0.1) is 0 Å². The van der Waals surface area contributed by atoms with E-state index in [9.17, 15) is 0 Å². The molecule has 0 spiro atoms. The molecule has 66 valence electrons. The lowest BCUT2D eigenvalue weighted by atomic mass is 10.1. The molecule has 1 unspecified atom stereocenters. The summed E-state index contributed by atoms with van der Waals surface area (Å²) in [7, 11) is 0. The molecular formula is C7H12N4O. The van der Waals surface area contributed by atoms with Crippen LogP contribution in [-0.4, -0.2) is 23.2 Å². The van der Waals surface area contributed by atoms with Gasteiger partial charge in [0.15, 0.2) is 5.82 Å². The zero-order valence-corrected chi connectivity index (χ0v) is 6.79. The molecule has 1 fully saturated rings. The molecule has 3 N–H and O–H groups in total. The standard InChI is InChI=1S/C7H12N4O/c8-7-10-6(11-12-7)3-5-1-2-9-4-5/h5,9H,1-4H2,(H2,8,10,11). The van der Waals surface area contributed by atoms with Crippen molar-refractivity contribution in [1.29, 1.82) is 0 Å². The van der Waals surface area contributed by atoms with Crippen LogP contribution in [0.25, 0.3) is 0 Å². The van der Waals surface area contributed by atoms with Crippen molar-refractivity contribution >= 4 is 6.01 Å². The largest absolute Gasteiger partial charge is 0.351 e. The van der Waals surface area contributed by atoms with Crippen LogP contribution in [-0.2, 0) is 6.42 Å². The van der Waals surface area contributed by atoms with Crippen LogP contribution in [0.15, 0.2) is 4.52 Å². The lowest BCUT2D eigenvalue weighted by Crippen LogP contribution is -2.11. The maximum Gasteiger partial charge on any atom is 0.318 e. The van der Waals surface area contributed by atoms with Gasteiger partial charge in [-0.3, -0.25) is 0 Å². The molecular weight excluding hydrogens is 156 g/mol. The summed E-state index contributed by atoms with van der Waals surface area (Å²) in [6.07, 6.45) is 2.06. The molecule has 1 aromatic rings. The highest BCUT2D eigenvalue weighted by Crippen LogP contribution is 2.13. The fraction of sp³-hybridized carbons (Fsp3) is 0.714. The predicted octanol–water partition coefficient (Wildman–Crippen LogP) is -0.196. The molecule has 5 nitrogen and oxygen atoms in total. The molecule has 1 atom stereocenters. The summed E-state index contributed by atoms with van der Waals surface area (Å²) >= 11 is 0. The molecule has 1 aromatic heterocycles. The van der Waals surface area contributed by atoms with Crippen LogP contribution in [0.4, 0.5) is 6.01 Å². The number of aromatic nitrogens is 2. The van der Waals surface area contributed by atoms with Gasteiger partial charge in [-0.2, -0.15) is 4.98 Å². The van der Waals surface area contributed by atoms with Gasteiger partial charge in [-0.05, 0) is 25.4 Å². The fourth-order valence-corrected chi connectivity index (χ4v) is 1.50. The van der Waals surface area contributed by atoms with E-state index < -0.39 is 0 Å². The quantitative estimate of drug-likeness (QED) is 0.639. The van der Waals surface area contributed by atoms with Crippen molar-refractivity contribution < 1.29 is 4.52 Å². The Balaban J connectivity index is 1.94. The first kappa shape index (κ1) is 7.54. The molecule has 0 saturated carbocycles. The third-order valence-corrected chi connectivity index (χ3v) is 2.12. The molecule has 5 heteroatoms. The highest BCUT2D eigenvalue weighted by molar-refractivity contribution is 5.07. The number of nitrogens with zero attached hydrogens (tertiary/aromatic N) is 2. The molecule has 0 radical (unpaired) electrons. The topological polar surface area (TPSA) is 77.0 Å². The minimum Gasteiger partial charge on any atom is -0.351 e. The number of anilines is 1. The molecule has 0 amide bonds. The van der Waals surface area contributed by atoms with Crippen LogP contribution in [0, 0.1) is 5.92 Å². The third-order valence-electron chi connectivity index (χ3n) is 2.12. The van der Waals surface area contributed by atoms with E-state index in [4.69, 9.17) is 5.73 Å². The first-order valence-electron chi connectivity index (χ1n) is 4.13. The Morgan fingerprint density at radius 3 is 3.17 bits per heavy atom. The molecule has 12 heavy (non-hydrogen) atoms. The molecule has 2 heterocycles. The second-order valence-electron chi connectivity index (χ2n) is 3.11. The molecule has 1 saturated heterocycles. The van der Waals surface area contributed by atoms with Gasteiger partial charge >= 0.3 is 6.01 Å². The van der Waals surface area contributed by atoms with E-state index in [1.165, 1.54) is 6.42 Å². The van der Waals surface area contributed by atoms with Crippen LogP contribution in [0.2, 0.25) is 0 Å². The zero-order valence-electron chi connectivity index (χ0n) is 6.79. The Labute approximate surface area is 70.3 Å². The summed E-state index contributed by atoms with van der Waals surface area (Å²) in [6.45, 7) is 2.15. The highest BCUT2D eigenvalue weighted by Gasteiger charge is 2.17. The smallest absolute Gasteiger partial charge is 0.318 e. The van der Waals surface area contributed by atoms with Gasteiger partial charge in [-0.25, -0.2) is 0 Å². The van der Waals surface area contributed by atoms with Gasteiger partial charge < -0.3 is 15.6 Å². The predicted molar refractivity (Wildman–Crippen MR) is 43.4 cm³/mol. The Morgan fingerprint density at radius 2 is 2.58 bits per heavy atom. The van der Waals surface area contributed by atoms with Gasteiger partial charge in [0, 0.05) is 6.42 Å². The van der Waals surface area contributed by atoms with Crippen LogP contribution in [0.3, 0.4) is 0 Å². The third kappa shape index (κ3) is 1.55. The summed E-state index contributed by atoms with van der Waals surface area (Å²) in [5, 5.41) is 7.02. The number of nitrogens with one attached hydrogen (secondary N) is 1. The van der Waals surface area contributed by atoms with E-state index in [1.807, 2.05) is 0 Å². The van der Waals surface area contributed by atoms with Crippen molar-refractivity contribution in [2.75, 3.05) is 18.8 Å². The average molecular weight is 168 g/mol. The Kier molecular flexibility index (Phi) is 1.95. The summed E-state index contributed by atoms with van der Waals surface area (Å²) in [6, 6.07) is 0.163. The maximum atomic E-state index is 5.30. The molecule has 1 aliphatic heterocycles. The summed E-state index contributed by atoms with van der Waals surface area (Å²) in [5.41, 5.74) is 5.30. The zero-order chi connectivity index (χ0) is 8.39. The minimum absolute atomic E-state index is 0.163. The van der Waals surface area contributed by atoms with Crippen molar-refractivity contribution in [3.05, 3.63) is 5.82 Å². The normalized spacial score (nSPS) is 23.2. The lowest BCUT2D eigenvalue weighted by molar-refractivity contribution is 0.419. The SMILES string of the molecule is Nc1nc(CC2CCNC2)no1. The number of rotatable bonds is 2. The maximum absolute atomic E-state index is 5.30. The van der Waals surface area contributed by atoms with Crippen LogP contribution in [0.1, 0.15) is 12.2 Å². The van der Waals surface area contributed by atoms with Crippen molar-refractivity contribution in [2.24, 2.45) is 5.92 Å². The van der Waals surface area contributed by atoms with Gasteiger partial charge in [-0.1, -0.05) is 5.16 Å². The monoisotopic (exact) mass is 168 g/mol. The molecule has 2 rings (SSSR count). The van der Waals surface area contributed by atoms with E-state index in [2.05, 4.69) is 20.0 Å². The average Bonchev–Trinajstić information content (AvgIpc) is 2.63. The molecule has 0 aromatic carbocycles. The number of nitrogen functional groups attached to an aromatic ring is 1. The minimum atomic E-state index is 0.163. The van der Waals surface area contributed by atoms with Crippen LogP contribution >= 0.6 is 0 Å². The Bertz CT molecular complexity index is 254. The van der Waals surface area contributed by atoms with Gasteiger partial charge in [0.2, 0.25) is 0 Å². The van der Waals surface area contributed by atoms with E-state index >= 15 is 0 Å². The first-order chi connectivity index (χ1) is 5.84. The summed E-state index contributed by atoms with van der Waals surface area (Å²) in [4.78, 5) is 3.95. The summed E-state index contributed by atoms with van der Waals surface area (Å²) in [5.74, 6) is 1.36. The van der Waals surface area contributed by atoms with Gasteiger partial charge in [0.1, 0.15) is 0 Å². The summed E-state index contributed by atoms with van der Waals surface area (Å²) < 4.78 is 4.67. The van der Waals surface area contributed by atoms with Crippen molar-refractivity contribution in [2.45, 2.75) is 12.8 Å². The number of hydrogen-bond acceptors (Lipinski definition) is 5. The molecule has 1 aliphatic rings. The highest BCUT2D eigenvalue weighted by atomic mass is 16.5. The van der Waals surface area contributed by atoms with E-state index in [0.717, 1.165) is 25.3 Å². The van der Waals surface area contributed by atoms with Gasteiger partial charge in [0.25, 0.3) is 0 Å². The van der Waals surface area contributed by atoms with Crippen LogP contribution in [0.5, 0.6) is 0 Å². The van der Waals surface area contributed by atoms with Crippen molar-refractivity contribution in [3.63, 3.8) is 0 Å². The second kappa shape index (κ2) is 3.10. The van der Waals surface area contributed by atoms with E-state index in [0.29, 0.717) is 5.92 Å². The number of hydrogen-bond donors (Lipinski definition) is 2. The second-order valence-corrected chi connectivity index (χ2v) is 3.11. The molecule has 0 bridgehead atoms. The number of nitrogens with two attached hydrogens (primary N) is 1. The first-order valence-corrected chi connectivity index (χ1v) is 4.13. The lowest BCUT2D eigenvalue weighted by Gasteiger charge is -2.01. The Morgan fingerprint density at radius 1 is 1.67 bits per heavy atom. The Hall–Kier alpha value is -1.10. The fourth-order valence-electron chi connectivity index (χ4n) is 1.50. The van der Waals surface area contributed by atoms with Crippen molar-refractivity contribution in [1.82, 2.24) is 15.5 Å².